The Balaban J connectivity index is 1.64. The minimum Gasteiger partial charge on any atom is -0.367 e. The SMILES string of the molecule is NC(=O)c1cc([N+](=O)[O-])cnc1NC1CCN(c2ccc(C(F)(F)F)cn2)CC1. The van der Waals surface area contributed by atoms with Crippen molar-refractivity contribution in [3.8, 4) is 0 Å². The highest BCUT2D eigenvalue weighted by atomic mass is 19.4. The molecule has 1 amide bonds. The normalized spacial score (nSPS) is 15.2. The predicted octanol–water partition coefficient (Wildman–Crippen LogP) is 2.58. The number of rotatable bonds is 5. The third-order valence-corrected chi connectivity index (χ3v) is 4.58. The number of nitro groups is 1. The molecule has 12 heteroatoms. The van der Waals surface area contributed by atoms with Crippen LogP contribution in [0, 0.1) is 10.1 Å². The molecule has 0 saturated carbocycles. The molecule has 0 spiro atoms. The van der Waals surface area contributed by atoms with E-state index in [9.17, 15) is 28.1 Å². The lowest BCUT2D eigenvalue weighted by atomic mass is 10.0. The summed E-state index contributed by atoms with van der Waals surface area (Å²) in [5, 5.41) is 13.9. The van der Waals surface area contributed by atoms with E-state index in [-0.39, 0.29) is 23.1 Å². The first-order chi connectivity index (χ1) is 13.6. The number of alkyl halides is 3. The first-order valence-electron chi connectivity index (χ1n) is 8.64. The molecule has 0 unspecified atom stereocenters. The quantitative estimate of drug-likeness (QED) is 0.573. The van der Waals surface area contributed by atoms with Gasteiger partial charge in [-0.3, -0.25) is 14.9 Å². The molecule has 3 heterocycles. The van der Waals surface area contributed by atoms with Crippen molar-refractivity contribution < 1.29 is 22.9 Å². The van der Waals surface area contributed by atoms with Crippen molar-refractivity contribution in [1.29, 1.82) is 0 Å². The molecule has 1 saturated heterocycles. The van der Waals surface area contributed by atoms with E-state index in [4.69, 9.17) is 5.73 Å². The molecular weight excluding hydrogens is 393 g/mol. The molecule has 3 N–H and O–H groups in total. The molecule has 2 aromatic rings. The molecule has 1 aliphatic heterocycles. The van der Waals surface area contributed by atoms with Gasteiger partial charge >= 0.3 is 6.18 Å². The maximum absolute atomic E-state index is 12.6. The highest BCUT2D eigenvalue weighted by molar-refractivity contribution is 5.98. The first kappa shape index (κ1) is 20.3. The number of nitrogens with one attached hydrogen (secondary N) is 1. The Bertz CT molecular complexity index is 912. The van der Waals surface area contributed by atoms with Gasteiger partial charge in [0.05, 0.1) is 16.1 Å². The van der Waals surface area contributed by atoms with Gasteiger partial charge in [0.1, 0.15) is 17.8 Å². The Morgan fingerprint density at radius 2 is 1.93 bits per heavy atom. The van der Waals surface area contributed by atoms with Gasteiger partial charge in [0, 0.05) is 31.4 Å². The number of carbonyl (C=O) groups excluding carboxylic acids is 1. The van der Waals surface area contributed by atoms with Gasteiger partial charge in [-0.05, 0) is 25.0 Å². The number of piperidine rings is 1. The Morgan fingerprint density at radius 3 is 2.45 bits per heavy atom. The summed E-state index contributed by atoms with van der Waals surface area (Å²) in [5.41, 5.74) is 4.07. The van der Waals surface area contributed by atoms with Crippen LogP contribution in [0.3, 0.4) is 0 Å². The summed E-state index contributed by atoms with van der Waals surface area (Å²) >= 11 is 0. The fourth-order valence-corrected chi connectivity index (χ4v) is 3.04. The lowest BCUT2D eigenvalue weighted by Gasteiger charge is -2.33. The maximum Gasteiger partial charge on any atom is 0.417 e. The molecule has 0 aromatic carbocycles. The van der Waals surface area contributed by atoms with Crippen LogP contribution in [-0.2, 0) is 6.18 Å². The van der Waals surface area contributed by atoms with Gasteiger partial charge in [0.2, 0.25) is 0 Å². The second-order valence-corrected chi connectivity index (χ2v) is 6.52. The lowest BCUT2D eigenvalue weighted by Crippen LogP contribution is -2.40. The summed E-state index contributed by atoms with van der Waals surface area (Å²) in [6.07, 6.45) is -1.40. The highest BCUT2D eigenvalue weighted by Gasteiger charge is 2.31. The Morgan fingerprint density at radius 1 is 1.24 bits per heavy atom. The van der Waals surface area contributed by atoms with Crippen LogP contribution in [0.2, 0.25) is 0 Å². The topological polar surface area (TPSA) is 127 Å². The molecule has 29 heavy (non-hydrogen) atoms. The monoisotopic (exact) mass is 410 g/mol. The number of pyridine rings is 2. The van der Waals surface area contributed by atoms with Gasteiger partial charge < -0.3 is 16.0 Å². The molecule has 0 atom stereocenters. The van der Waals surface area contributed by atoms with E-state index < -0.39 is 22.6 Å². The van der Waals surface area contributed by atoms with Crippen LogP contribution in [0.1, 0.15) is 28.8 Å². The smallest absolute Gasteiger partial charge is 0.367 e. The zero-order chi connectivity index (χ0) is 21.2. The number of anilines is 2. The minimum absolute atomic E-state index is 0.0777. The van der Waals surface area contributed by atoms with Crippen molar-refractivity contribution >= 4 is 23.2 Å². The number of halogens is 3. The van der Waals surface area contributed by atoms with Crippen molar-refractivity contribution in [1.82, 2.24) is 9.97 Å². The van der Waals surface area contributed by atoms with Crippen molar-refractivity contribution in [3.05, 3.63) is 51.8 Å². The molecule has 2 aromatic heterocycles. The Labute approximate surface area is 162 Å². The van der Waals surface area contributed by atoms with E-state index in [0.29, 0.717) is 31.7 Å². The van der Waals surface area contributed by atoms with Crippen LogP contribution < -0.4 is 16.0 Å². The standard InChI is InChI=1S/C17H17F3N6O3/c18-17(19,20)10-1-2-14(22-8-10)25-5-3-11(4-6-25)24-16-13(15(21)27)7-12(9-23-16)26(28)29/h1-2,7-9,11H,3-6H2,(H2,21,27)(H,23,24). The summed E-state index contributed by atoms with van der Waals surface area (Å²) in [6.45, 7) is 1.05. The Kier molecular flexibility index (Phi) is 5.52. The summed E-state index contributed by atoms with van der Waals surface area (Å²) in [5.74, 6) is -0.230. The van der Waals surface area contributed by atoms with E-state index in [1.54, 1.807) is 0 Å². The third-order valence-electron chi connectivity index (χ3n) is 4.58. The van der Waals surface area contributed by atoms with Crippen LogP contribution >= 0.6 is 0 Å². The second kappa shape index (κ2) is 7.89. The average molecular weight is 410 g/mol. The van der Waals surface area contributed by atoms with E-state index in [1.807, 2.05) is 4.90 Å². The molecule has 1 fully saturated rings. The lowest BCUT2D eigenvalue weighted by molar-refractivity contribution is -0.385. The largest absolute Gasteiger partial charge is 0.417 e. The molecule has 0 aliphatic carbocycles. The van der Waals surface area contributed by atoms with Crippen LogP contribution in [0.15, 0.2) is 30.6 Å². The summed E-state index contributed by atoms with van der Waals surface area (Å²) < 4.78 is 37.9. The number of aromatic nitrogens is 2. The molecule has 3 rings (SSSR count). The van der Waals surface area contributed by atoms with Crippen LogP contribution in [-0.4, -0.2) is 39.9 Å². The molecule has 0 radical (unpaired) electrons. The van der Waals surface area contributed by atoms with E-state index in [1.165, 1.54) is 6.07 Å². The van der Waals surface area contributed by atoms with Gasteiger partial charge in [-0.2, -0.15) is 13.2 Å². The fraction of sp³-hybridized carbons (Fsp3) is 0.353. The molecule has 9 nitrogen and oxygen atoms in total. The summed E-state index contributed by atoms with van der Waals surface area (Å²) in [4.78, 5) is 31.5. The van der Waals surface area contributed by atoms with E-state index in [0.717, 1.165) is 24.5 Å². The Hall–Kier alpha value is -3.44. The number of hydrogen-bond acceptors (Lipinski definition) is 7. The molecule has 1 aliphatic rings. The van der Waals surface area contributed by atoms with Crippen molar-refractivity contribution in [3.63, 3.8) is 0 Å². The summed E-state index contributed by atoms with van der Waals surface area (Å²) in [6, 6.07) is 3.30. The van der Waals surface area contributed by atoms with Crippen LogP contribution in [0.25, 0.3) is 0 Å². The van der Waals surface area contributed by atoms with Crippen molar-refractivity contribution in [2.24, 2.45) is 5.73 Å². The zero-order valence-electron chi connectivity index (χ0n) is 15.0. The number of nitrogens with two attached hydrogens (primary N) is 1. The first-order valence-corrected chi connectivity index (χ1v) is 8.64. The maximum atomic E-state index is 12.6. The fourth-order valence-electron chi connectivity index (χ4n) is 3.04. The average Bonchev–Trinajstić information content (AvgIpc) is 2.68. The zero-order valence-corrected chi connectivity index (χ0v) is 15.0. The van der Waals surface area contributed by atoms with Crippen LogP contribution in [0.5, 0.6) is 0 Å². The van der Waals surface area contributed by atoms with Gasteiger partial charge in [-0.1, -0.05) is 0 Å². The molecule has 154 valence electrons. The predicted molar refractivity (Wildman–Crippen MR) is 97.5 cm³/mol. The highest BCUT2D eigenvalue weighted by Crippen LogP contribution is 2.30. The van der Waals surface area contributed by atoms with Gasteiger partial charge in [-0.25, -0.2) is 9.97 Å². The third kappa shape index (κ3) is 4.70. The number of nitrogens with zero attached hydrogens (tertiary/aromatic N) is 4. The molecular formula is C17H17F3N6O3. The van der Waals surface area contributed by atoms with Gasteiger partial charge in [0.25, 0.3) is 11.6 Å². The minimum atomic E-state index is -4.43. The number of amides is 1. The van der Waals surface area contributed by atoms with Gasteiger partial charge in [-0.15, -0.1) is 0 Å². The van der Waals surface area contributed by atoms with Crippen LogP contribution in [0.4, 0.5) is 30.5 Å². The van der Waals surface area contributed by atoms with E-state index >= 15 is 0 Å². The van der Waals surface area contributed by atoms with Crippen molar-refractivity contribution in [2.75, 3.05) is 23.3 Å². The van der Waals surface area contributed by atoms with Gasteiger partial charge in [0.15, 0.2) is 0 Å². The number of carbonyl (C=O) groups is 1. The second-order valence-electron chi connectivity index (χ2n) is 6.52. The van der Waals surface area contributed by atoms with Crippen molar-refractivity contribution in [2.45, 2.75) is 25.1 Å². The van der Waals surface area contributed by atoms with E-state index in [2.05, 4.69) is 15.3 Å². The number of primary amides is 1. The summed E-state index contributed by atoms with van der Waals surface area (Å²) in [7, 11) is 0. The molecule has 0 bridgehead atoms. The number of hydrogen-bond donors (Lipinski definition) is 2.